The summed E-state index contributed by atoms with van der Waals surface area (Å²) < 4.78 is 5.32. The van der Waals surface area contributed by atoms with Gasteiger partial charge >= 0.3 is 5.97 Å². The number of nitriles is 1. The van der Waals surface area contributed by atoms with Crippen molar-refractivity contribution in [1.82, 2.24) is 9.97 Å². The largest absolute Gasteiger partial charge is 0.477 e. The fourth-order valence-electron chi connectivity index (χ4n) is 1.91. The Morgan fingerprint density at radius 1 is 1.46 bits per heavy atom. The molecule has 0 aliphatic carbocycles. The van der Waals surface area contributed by atoms with E-state index in [0.717, 1.165) is 0 Å². The molecule has 0 fully saturated rings. The molecule has 8 heteroatoms. The van der Waals surface area contributed by atoms with Crippen molar-refractivity contribution < 1.29 is 19.7 Å². The molecule has 1 aromatic carbocycles. The molecule has 0 radical (unpaired) electrons. The highest BCUT2D eigenvalue weighted by Gasteiger charge is 2.21. The summed E-state index contributed by atoms with van der Waals surface area (Å²) in [6.07, 6.45) is -0.312. The third kappa shape index (κ3) is 3.77. The Morgan fingerprint density at radius 3 is 2.83 bits per heavy atom. The van der Waals surface area contributed by atoms with E-state index >= 15 is 0 Å². The van der Waals surface area contributed by atoms with Gasteiger partial charge in [-0.15, -0.1) is 0 Å². The Balaban J connectivity index is 2.49. The lowest BCUT2D eigenvalue weighted by molar-refractivity contribution is 0.0680. The van der Waals surface area contributed by atoms with Gasteiger partial charge in [-0.3, -0.25) is 0 Å². The van der Waals surface area contributed by atoms with Gasteiger partial charge in [-0.2, -0.15) is 10.2 Å². The average molecular weight is 328 g/mol. The summed E-state index contributed by atoms with van der Waals surface area (Å²) in [5.41, 5.74) is 6.27. The maximum Gasteiger partial charge on any atom is 0.345 e. The molecule has 0 saturated carbocycles. The Morgan fingerprint density at radius 2 is 2.21 bits per heavy atom. The van der Waals surface area contributed by atoms with Crippen LogP contribution in [0.1, 0.15) is 29.3 Å². The number of carboxylic acids is 1. The third-order valence-electron chi connectivity index (χ3n) is 3.25. The van der Waals surface area contributed by atoms with Crippen LogP contribution in [0.2, 0.25) is 0 Å². The Bertz CT molecular complexity index is 801. The number of anilines is 1. The lowest BCUT2D eigenvalue weighted by Crippen LogP contribution is -2.19. The van der Waals surface area contributed by atoms with Crippen molar-refractivity contribution in [2.24, 2.45) is 0 Å². The molecule has 0 saturated heterocycles. The van der Waals surface area contributed by atoms with Crippen LogP contribution in [0.25, 0.3) is 11.4 Å². The number of ether oxygens (including phenoxy) is 1. The molecule has 1 heterocycles. The number of benzene rings is 1. The van der Waals surface area contributed by atoms with Crippen molar-refractivity contribution in [2.45, 2.75) is 19.4 Å². The molecule has 0 bridgehead atoms. The first-order valence-electron chi connectivity index (χ1n) is 7.18. The van der Waals surface area contributed by atoms with Gasteiger partial charge in [-0.05, 0) is 18.6 Å². The fraction of sp³-hybridized carbons (Fsp3) is 0.250. The Kier molecular flexibility index (Phi) is 5.29. The molecular formula is C16H16N4O4. The number of aromatic carboxylic acids is 1. The quantitative estimate of drug-likeness (QED) is 0.723. The molecule has 0 aliphatic rings. The van der Waals surface area contributed by atoms with Crippen LogP contribution < -0.4 is 10.5 Å². The summed E-state index contributed by atoms with van der Waals surface area (Å²) >= 11 is 0. The van der Waals surface area contributed by atoms with Crippen molar-refractivity contribution in [2.75, 3.05) is 12.3 Å². The van der Waals surface area contributed by atoms with Gasteiger partial charge in [0, 0.05) is 5.56 Å². The summed E-state index contributed by atoms with van der Waals surface area (Å²) in [6, 6.07) is 8.49. The first-order valence-corrected chi connectivity index (χ1v) is 7.18. The number of hydrogen-bond donors (Lipinski definition) is 3. The maximum absolute atomic E-state index is 11.4. The number of aliphatic hydroxyl groups excluding tert-OH is 1. The molecule has 2 aromatic rings. The summed E-state index contributed by atoms with van der Waals surface area (Å²) in [7, 11) is 0. The van der Waals surface area contributed by atoms with Crippen LogP contribution >= 0.6 is 0 Å². The predicted octanol–water partition coefficient (Wildman–Crippen LogP) is 1.45. The van der Waals surface area contributed by atoms with Gasteiger partial charge in [0.05, 0.1) is 17.7 Å². The van der Waals surface area contributed by atoms with Crippen molar-refractivity contribution in [1.29, 1.82) is 5.26 Å². The number of nitrogens with zero attached hydrogens (tertiary/aromatic N) is 3. The number of carboxylic acid groups (broad SMARTS) is 1. The number of nitrogen functional groups attached to an aromatic ring is 1. The normalized spacial score (nSPS) is 11.5. The number of hydrogen-bond acceptors (Lipinski definition) is 7. The van der Waals surface area contributed by atoms with Gasteiger partial charge in [0.1, 0.15) is 12.4 Å². The molecule has 1 aromatic heterocycles. The molecule has 0 amide bonds. The number of nitrogens with two attached hydrogens (primary N) is 1. The fourth-order valence-corrected chi connectivity index (χ4v) is 1.91. The highest BCUT2D eigenvalue weighted by Crippen LogP contribution is 2.26. The summed E-state index contributed by atoms with van der Waals surface area (Å²) in [6.45, 7) is 1.64. The van der Waals surface area contributed by atoms with Gasteiger partial charge in [0.15, 0.2) is 11.4 Å². The molecular weight excluding hydrogens is 312 g/mol. The zero-order chi connectivity index (χ0) is 17.7. The second kappa shape index (κ2) is 7.39. The monoisotopic (exact) mass is 328 g/mol. The van der Waals surface area contributed by atoms with E-state index in [2.05, 4.69) is 9.97 Å². The van der Waals surface area contributed by atoms with Gasteiger partial charge in [-0.25, -0.2) is 9.78 Å². The number of rotatable bonds is 6. The second-order valence-corrected chi connectivity index (χ2v) is 4.98. The van der Waals surface area contributed by atoms with Crippen LogP contribution in [0.3, 0.4) is 0 Å². The van der Waals surface area contributed by atoms with E-state index < -0.39 is 12.1 Å². The van der Waals surface area contributed by atoms with Crippen LogP contribution in [0.15, 0.2) is 24.3 Å². The predicted molar refractivity (Wildman–Crippen MR) is 85.3 cm³/mol. The van der Waals surface area contributed by atoms with Crippen molar-refractivity contribution in [3.63, 3.8) is 0 Å². The Labute approximate surface area is 138 Å². The van der Waals surface area contributed by atoms with Crippen molar-refractivity contribution >= 4 is 11.8 Å². The lowest BCUT2D eigenvalue weighted by atomic mass is 10.1. The topological polar surface area (TPSA) is 142 Å². The zero-order valence-corrected chi connectivity index (χ0v) is 12.9. The van der Waals surface area contributed by atoms with Gasteiger partial charge in [0.25, 0.3) is 0 Å². The first kappa shape index (κ1) is 17.2. The molecule has 0 spiro atoms. The van der Waals surface area contributed by atoms with Crippen molar-refractivity contribution in [3.05, 3.63) is 35.4 Å². The highest BCUT2D eigenvalue weighted by molar-refractivity contribution is 5.95. The van der Waals surface area contributed by atoms with Crippen LogP contribution in [0.4, 0.5) is 5.82 Å². The Hall–Kier alpha value is -3.18. The molecule has 4 N–H and O–H groups in total. The van der Waals surface area contributed by atoms with Gasteiger partial charge < -0.3 is 20.7 Å². The summed E-state index contributed by atoms with van der Waals surface area (Å²) in [5.74, 6) is -1.67. The molecule has 1 unspecified atom stereocenters. The third-order valence-corrected chi connectivity index (χ3v) is 3.25. The van der Waals surface area contributed by atoms with E-state index in [0.29, 0.717) is 17.5 Å². The van der Waals surface area contributed by atoms with E-state index in [1.54, 1.807) is 31.2 Å². The van der Waals surface area contributed by atoms with Gasteiger partial charge in [0.2, 0.25) is 5.88 Å². The van der Waals surface area contributed by atoms with Gasteiger partial charge in [-0.1, -0.05) is 19.1 Å². The van der Waals surface area contributed by atoms with E-state index in [9.17, 15) is 15.0 Å². The minimum Gasteiger partial charge on any atom is -0.477 e. The smallest absolute Gasteiger partial charge is 0.345 e. The van der Waals surface area contributed by atoms with Crippen LogP contribution in [0.5, 0.6) is 5.88 Å². The van der Waals surface area contributed by atoms with E-state index in [-0.39, 0.29) is 29.7 Å². The van der Waals surface area contributed by atoms with Crippen LogP contribution in [0, 0.1) is 11.3 Å². The molecule has 24 heavy (non-hydrogen) atoms. The summed E-state index contributed by atoms with van der Waals surface area (Å²) in [4.78, 5) is 19.4. The number of aliphatic hydroxyl groups is 1. The molecule has 1 atom stereocenters. The van der Waals surface area contributed by atoms with Crippen molar-refractivity contribution in [3.8, 4) is 23.3 Å². The van der Waals surface area contributed by atoms with E-state index in [1.165, 1.54) is 0 Å². The number of carbonyl (C=O) groups is 1. The zero-order valence-electron chi connectivity index (χ0n) is 12.9. The maximum atomic E-state index is 11.4. The van der Waals surface area contributed by atoms with E-state index in [1.807, 2.05) is 6.07 Å². The second-order valence-electron chi connectivity index (χ2n) is 4.98. The summed E-state index contributed by atoms with van der Waals surface area (Å²) in [5, 5.41) is 27.8. The molecule has 2 rings (SSSR count). The lowest BCUT2D eigenvalue weighted by Gasteiger charge is -2.13. The molecule has 8 nitrogen and oxygen atoms in total. The van der Waals surface area contributed by atoms with Crippen LogP contribution in [-0.4, -0.2) is 38.9 Å². The standard InChI is InChI=1S/C16H16N4O4/c1-2-11(21)8-24-15-12(16(22)23)13(18)19-14(20-15)10-5-3-4-9(6-10)7-17/h3-6,11,21H,2,8H2,1H3,(H,22,23)(H2,18,19,20). The number of aromatic nitrogens is 2. The SMILES string of the molecule is CCC(O)COc1nc(-c2cccc(C#N)c2)nc(N)c1C(=O)O. The first-order chi connectivity index (χ1) is 11.5. The average Bonchev–Trinajstić information content (AvgIpc) is 2.58. The van der Waals surface area contributed by atoms with Crippen LogP contribution in [-0.2, 0) is 0 Å². The minimum atomic E-state index is -1.33. The highest BCUT2D eigenvalue weighted by atomic mass is 16.5. The minimum absolute atomic E-state index is 0.120. The molecule has 124 valence electrons. The molecule has 0 aliphatic heterocycles. The van der Waals surface area contributed by atoms with E-state index in [4.69, 9.17) is 15.7 Å².